The molecule has 0 spiro atoms. The Kier molecular flexibility index (Phi) is 5.37. The van der Waals surface area contributed by atoms with Gasteiger partial charge in [0.2, 0.25) is 15.9 Å². The quantitative estimate of drug-likeness (QED) is 0.819. The van der Waals surface area contributed by atoms with Crippen LogP contribution in [0.25, 0.3) is 6.08 Å². The van der Waals surface area contributed by atoms with E-state index in [9.17, 15) is 13.2 Å². The molecule has 0 saturated carbocycles. The molecule has 1 aliphatic rings. The largest absolute Gasteiger partial charge is 0.344 e. The van der Waals surface area contributed by atoms with Gasteiger partial charge in [-0.25, -0.2) is 8.42 Å². The summed E-state index contributed by atoms with van der Waals surface area (Å²) < 4.78 is 25.3. The molecule has 2 heterocycles. The Hall–Kier alpha value is -2.67. The van der Waals surface area contributed by atoms with Crippen molar-refractivity contribution in [2.24, 2.45) is 0 Å². The number of nitrogens with one attached hydrogen (secondary N) is 1. The molecule has 7 heteroatoms. The fourth-order valence-electron chi connectivity index (χ4n) is 2.82. The van der Waals surface area contributed by atoms with E-state index in [0.29, 0.717) is 18.7 Å². The molecule has 1 N–H and O–H groups in total. The zero-order valence-electron chi connectivity index (χ0n) is 14.5. The summed E-state index contributed by atoms with van der Waals surface area (Å²) in [6, 6.07) is 12.5. The van der Waals surface area contributed by atoms with Crippen LogP contribution in [0.3, 0.4) is 0 Å². The van der Waals surface area contributed by atoms with E-state index >= 15 is 0 Å². The Morgan fingerprint density at radius 2 is 2.00 bits per heavy atom. The molecular weight excluding hydrogens is 350 g/mol. The molecular formula is C19H21N3O3S. The van der Waals surface area contributed by atoms with E-state index in [1.165, 1.54) is 10.4 Å². The summed E-state index contributed by atoms with van der Waals surface area (Å²) in [5, 5.41) is 2.86. The molecule has 0 radical (unpaired) electrons. The number of pyridine rings is 1. The SMILES string of the molecule is CC(NC(=O)/C=C/c1ccc(N2CCCS2(=O)=O)cc1)c1ccccn1. The average molecular weight is 371 g/mol. The first-order valence-electron chi connectivity index (χ1n) is 8.46. The summed E-state index contributed by atoms with van der Waals surface area (Å²) in [6.07, 6.45) is 5.50. The van der Waals surface area contributed by atoms with Crippen LogP contribution < -0.4 is 9.62 Å². The second-order valence-corrected chi connectivity index (χ2v) is 8.16. The van der Waals surface area contributed by atoms with Gasteiger partial charge in [-0.05, 0) is 49.2 Å². The normalized spacial score (nSPS) is 17.3. The molecule has 1 aromatic heterocycles. The van der Waals surface area contributed by atoms with Crippen LogP contribution in [-0.4, -0.2) is 31.6 Å². The molecule has 6 nitrogen and oxygen atoms in total. The highest BCUT2D eigenvalue weighted by molar-refractivity contribution is 7.93. The van der Waals surface area contributed by atoms with Gasteiger partial charge < -0.3 is 5.32 Å². The molecule has 1 amide bonds. The lowest BCUT2D eigenvalue weighted by atomic mass is 10.2. The molecule has 26 heavy (non-hydrogen) atoms. The van der Waals surface area contributed by atoms with Gasteiger partial charge in [0.05, 0.1) is 23.2 Å². The molecule has 2 aromatic rings. The smallest absolute Gasteiger partial charge is 0.244 e. The zero-order chi connectivity index (χ0) is 18.6. The first kappa shape index (κ1) is 18.1. The van der Waals surface area contributed by atoms with Crippen LogP contribution in [0.15, 0.2) is 54.7 Å². The van der Waals surface area contributed by atoms with E-state index in [0.717, 1.165) is 11.3 Å². The second-order valence-electron chi connectivity index (χ2n) is 6.15. The van der Waals surface area contributed by atoms with Gasteiger partial charge in [-0.2, -0.15) is 0 Å². The van der Waals surface area contributed by atoms with Gasteiger partial charge in [0, 0.05) is 18.8 Å². The van der Waals surface area contributed by atoms with Crippen LogP contribution in [-0.2, 0) is 14.8 Å². The maximum absolute atomic E-state index is 12.0. The maximum Gasteiger partial charge on any atom is 0.244 e. The number of carbonyl (C=O) groups is 1. The van der Waals surface area contributed by atoms with Crippen LogP contribution in [0, 0.1) is 0 Å². The third-order valence-electron chi connectivity index (χ3n) is 4.20. The van der Waals surface area contributed by atoms with Crippen molar-refractivity contribution < 1.29 is 13.2 Å². The Morgan fingerprint density at radius 3 is 2.62 bits per heavy atom. The average Bonchev–Trinajstić information content (AvgIpc) is 3.00. The maximum atomic E-state index is 12.0. The van der Waals surface area contributed by atoms with Crippen LogP contribution in [0.1, 0.15) is 30.6 Å². The van der Waals surface area contributed by atoms with Crippen molar-refractivity contribution in [1.82, 2.24) is 10.3 Å². The van der Waals surface area contributed by atoms with Crippen molar-refractivity contribution in [2.75, 3.05) is 16.6 Å². The van der Waals surface area contributed by atoms with E-state index in [2.05, 4.69) is 10.3 Å². The van der Waals surface area contributed by atoms with Gasteiger partial charge >= 0.3 is 0 Å². The zero-order valence-corrected chi connectivity index (χ0v) is 15.3. The minimum atomic E-state index is -3.17. The minimum Gasteiger partial charge on any atom is -0.344 e. The van der Waals surface area contributed by atoms with E-state index < -0.39 is 10.0 Å². The lowest BCUT2D eigenvalue weighted by Crippen LogP contribution is -2.25. The molecule has 1 unspecified atom stereocenters. The van der Waals surface area contributed by atoms with Crippen LogP contribution in [0.4, 0.5) is 5.69 Å². The minimum absolute atomic E-state index is 0.184. The van der Waals surface area contributed by atoms with Gasteiger partial charge in [0.25, 0.3) is 0 Å². The predicted molar refractivity (Wildman–Crippen MR) is 102 cm³/mol. The Balaban J connectivity index is 1.61. The summed E-state index contributed by atoms with van der Waals surface area (Å²) >= 11 is 0. The number of sulfonamides is 1. The molecule has 1 saturated heterocycles. The van der Waals surface area contributed by atoms with Crippen molar-refractivity contribution in [3.63, 3.8) is 0 Å². The molecule has 0 bridgehead atoms. The van der Waals surface area contributed by atoms with Gasteiger partial charge in [0.15, 0.2) is 0 Å². The molecule has 1 aromatic carbocycles. The number of nitrogens with zero attached hydrogens (tertiary/aromatic N) is 2. The third kappa shape index (κ3) is 4.29. The topological polar surface area (TPSA) is 79.4 Å². The van der Waals surface area contributed by atoms with Crippen molar-refractivity contribution in [3.05, 3.63) is 66.0 Å². The standard InChI is InChI=1S/C19H21N3O3S/c1-15(18-5-2-3-12-20-18)21-19(23)11-8-16-6-9-17(10-7-16)22-13-4-14-26(22,24)25/h2-3,5-12,15H,4,13-14H2,1H3,(H,21,23)/b11-8+. The number of benzene rings is 1. The highest BCUT2D eigenvalue weighted by Crippen LogP contribution is 2.24. The van der Waals surface area contributed by atoms with E-state index in [1.54, 1.807) is 36.5 Å². The van der Waals surface area contributed by atoms with Crippen molar-refractivity contribution in [1.29, 1.82) is 0 Å². The fourth-order valence-corrected chi connectivity index (χ4v) is 4.39. The summed E-state index contributed by atoms with van der Waals surface area (Å²) in [5.41, 5.74) is 2.28. The second kappa shape index (κ2) is 7.70. The summed E-state index contributed by atoms with van der Waals surface area (Å²) in [5.74, 6) is -0.0159. The third-order valence-corrected chi connectivity index (χ3v) is 6.07. The van der Waals surface area contributed by atoms with E-state index in [1.807, 2.05) is 25.1 Å². The lowest BCUT2D eigenvalue weighted by molar-refractivity contribution is -0.117. The van der Waals surface area contributed by atoms with Gasteiger partial charge in [-0.15, -0.1) is 0 Å². The van der Waals surface area contributed by atoms with Crippen molar-refractivity contribution >= 4 is 27.7 Å². The Labute approximate surface area is 153 Å². The number of rotatable bonds is 5. The van der Waals surface area contributed by atoms with Crippen LogP contribution in [0.2, 0.25) is 0 Å². The van der Waals surface area contributed by atoms with Gasteiger partial charge in [0.1, 0.15) is 0 Å². The number of aromatic nitrogens is 1. The van der Waals surface area contributed by atoms with Gasteiger partial charge in [-0.1, -0.05) is 18.2 Å². The molecule has 136 valence electrons. The highest BCUT2D eigenvalue weighted by Gasteiger charge is 2.28. The molecule has 0 aliphatic carbocycles. The number of hydrogen-bond acceptors (Lipinski definition) is 4. The summed E-state index contributed by atoms with van der Waals surface area (Å²) in [4.78, 5) is 16.3. The molecule has 1 atom stereocenters. The number of amides is 1. The number of hydrogen-bond donors (Lipinski definition) is 1. The van der Waals surface area contributed by atoms with E-state index in [4.69, 9.17) is 0 Å². The number of carbonyl (C=O) groups excluding carboxylic acids is 1. The van der Waals surface area contributed by atoms with Crippen LogP contribution in [0.5, 0.6) is 0 Å². The predicted octanol–water partition coefficient (Wildman–Crippen LogP) is 2.51. The Bertz CT molecular complexity index is 893. The highest BCUT2D eigenvalue weighted by atomic mass is 32.2. The monoisotopic (exact) mass is 371 g/mol. The summed E-state index contributed by atoms with van der Waals surface area (Å²) in [6.45, 7) is 2.39. The summed E-state index contributed by atoms with van der Waals surface area (Å²) in [7, 11) is -3.17. The van der Waals surface area contributed by atoms with Crippen molar-refractivity contribution in [3.8, 4) is 0 Å². The Morgan fingerprint density at radius 1 is 1.23 bits per heavy atom. The molecule has 1 aliphatic heterocycles. The first-order chi connectivity index (χ1) is 12.5. The fraction of sp³-hybridized carbons (Fsp3) is 0.263. The molecule has 1 fully saturated rings. The van der Waals surface area contributed by atoms with Crippen molar-refractivity contribution in [2.45, 2.75) is 19.4 Å². The first-order valence-corrected chi connectivity index (χ1v) is 10.1. The lowest BCUT2D eigenvalue weighted by Gasteiger charge is -2.16. The number of anilines is 1. The van der Waals surface area contributed by atoms with Gasteiger partial charge in [-0.3, -0.25) is 14.1 Å². The molecule has 3 rings (SSSR count). The van der Waals surface area contributed by atoms with Crippen LogP contribution >= 0.6 is 0 Å². The van der Waals surface area contributed by atoms with E-state index in [-0.39, 0.29) is 17.7 Å².